The second-order valence-electron chi connectivity index (χ2n) is 7.79. The summed E-state index contributed by atoms with van der Waals surface area (Å²) in [6.45, 7) is 0.237. The first-order valence-corrected chi connectivity index (χ1v) is 11.9. The van der Waals surface area contributed by atoms with Gasteiger partial charge in [-0.3, -0.25) is 9.69 Å². The molecule has 0 radical (unpaired) electrons. The van der Waals surface area contributed by atoms with E-state index in [1.807, 2.05) is 60.7 Å². The summed E-state index contributed by atoms with van der Waals surface area (Å²) in [6.07, 6.45) is 4.94. The maximum absolute atomic E-state index is 13.3. The van der Waals surface area contributed by atoms with Gasteiger partial charge in [-0.2, -0.15) is 5.10 Å². The molecule has 2 heterocycles. The minimum atomic E-state index is -0.190. The van der Waals surface area contributed by atoms with Crippen LogP contribution in [0.4, 0.5) is 0 Å². The van der Waals surface area contributed by atoms with E-state index in [1.54, 1.807) is 48.9 Å². The van der Waals surface area contributed by atoms with E-state index in [0.717, 1.165) is 16.9 Å². The molecular weight excluding hydrogens is 474 g/mol. The molecule has 4 aromatic rings. The molecule has 1 amide bonds. The van der Waals surface area contributed by atoms with E-state index in [-0.39, 0.29) is 18.2 Å². The van der Waals surface area contributed by atoms with E-state index in [4.69, 9.17) is 9.15 Å². The van der Waals surface area contributed by atoms with Gasteiger partial charge in [-0.05, 0) is 89.6 Å². The van der Waals surface area contributed by atoms with Gasteiger partial charge in [-0.1, -0.05) is 30.3 Å². The van der Waals surface area contributed by atoms with E-state index >= 15 is 0 Å². The van der Waals surface area contributed by atoms with Crippen molar-refractivity contribution in [3.8, 4) is 17.2 Å². The summed E-state index contributed by atoms with van der Waals surface area (Å²) < 4.78 is 11.4. The summed E-state index contributed by atoms with van der Waals surface area (Å²) in [5.41, 5.74) is 1.60. The first-order valence-electron chi connectivity index (χ1n) is 11.1. The zero-order chi connectivity index (χ0) is 24.7. The van der Waals surface area contributed by atoms with Gasteiger partial charge in [0.1, 0.15) is 23.0 Å². The zero-order valence-electron chi connectivity index (χ0n) is 19.0. The normalized spacial score (nSPS) is 15.9. The van der Waals surface area contributed by atoms with Crippen molar-refractivity contribution in [2.75, 3.05) is 0 Å². The molecule has 8 heteroatoms. The summed E-state index contributed by atoms with van der Waals surface area (Å²) in [4.78, 5) is 15.3. The SMILES string of the molecule is O=C1/C(=C/c2cccc(Oc3ccccc3)c2)S/C(=N\N=C\c2ccc(O)cc2)N1Cc1ccco1. The highest BCUT2D eigenvalue weighted by Crippen LogP contribution is 2.34. The fraction of sp³-hybridized carbons (Fsp3) is 0.0357. The maximum Gasteiger partial charge on any atom is 0.267 e. The molecule has 0 spiro atoms. The molecule has 0 saturated carbocycles. The molecule has 0 bridgehead atoms. The van der Waals surface area contributed by atoms with Crippen LogP contribution in [0.3, 0.4) is 0 Å². The number of ether oxygens (including phenoxy) is 1. The molecular formula is C28H21N3O4S. The molecule has 0 atom stereocenters. The lowest BCUT2D eigenvalue weighted by molar-refractivity contribution is -0.122. The van der Waals surface area contributed by atoms with Crippen molar-refractivity contribution in [2.45, 2.75) is 6.54 Å². The summed E-state index contributed by atoms with van der Waals surface area (Å²) in [5.74, 6) is 2.03. The number of hydrogen-bond donors (Lipinski definition) is 1. The quantitative estimate of drug-likeness (QED) is 0.185. The number of nitrogens with zero attached hydrogens (tertiary/aromatic N) is 3. The van der Waals surface area contributed by atoms with Crippen molar-refractivity contribution in [3.63, 3.8) is 0 Å². The molecule has 1 aliphatic rings. The number of para-hydroxylation sites is 1. The van der Waals surface area contributed by atoms with Crippen molar-refractivity contribution in [3.05, 3.63) is 119 Å². The number of aromatic hydroxyl groups is 1. The Morgan fingerprint density at radius 3 is 2.50 bits per heavy atom. The molecule has 36 heavy (non-hydrogen) atoms. The number of carbonyl (C=O) groups excluding carboxylic acids is 1. The van der Waals surface area contributed by atoms with Gasteiger partial charge >= 0.3 is 0 Å². The Hall–Kier alpha value is -4.56. The highest BCUT2D eigenvalue weighted by molar-refractivity contribution is 8.18. The Morgan fingerprint density at radius 2 is 1.72 bits per heavy atom. The van der Waals surface area contributed by atoms with Crippen LogP contribution in [-0.4, -0.2) is 27.3 Å². The second kappa shape index (κ2) is 10.8. The molecule has 7 nitrogen and oxygen atoms in total. The average Bonchev–Trinajstić information content (AvgIpc) is 3.50. The fourth-order valence-electron chi connectivity index (χ4n) is 3.43. The number of amides is 1. The lowest BCUT2D eigenvalue weighted by Crippen LogP contribution is -2.28. The molecule has 1 aromatic heterocycles. The van der Waals surface area contributed by atoms with Crippen molar-refractivity contribution in [2.24, 2.45) is 10.2 Å². The summed E-state index contributed by atoms with van der Waals surface area (Å²) in [6, 6.07) is 27.2. The van der Waals surface area contributed by atoms with E-state index in [9.17, 15) is 9.90 Å². The van der Waals surface area contributed by atoms with Gasteiger partial charge in [0.05, 0.1) is 23.9 Å². The minimum absolute atomic E-state index is 0.174. The van der Waals surface area contributed by atoms with Gasteiger partial charge in [-0.25, -0.2) is 0 Å². The largest absolute Gasteiger partial charge is 0.508 e. The van der Waals surface area contributed by atoms with Crippen molar-refractivity contribution in [1.82, 2.24) is 4.90 Å². The Kier molecular flexibility index (Phi) is 6.95. The highest BCUT2D eigenvalue weighted by Gasteiger charge is 2.34. The van der Waals surface area contributed by atoms with Gasteiger partial charge in [0.25, 0.3) is 5.91 Å². The molecule has 1 N–H and O–H groups in total. The Morgan fingerprint density at radius 1 is 0.917 bits per heavy atom. The van der Waals surface area contributed by atoms with Gasteiger partial charge in [0, 0.05) is 0 Å². The lowest BCUT2D eigenvalue weighted by Gasteiger charge is -2.12. The van der Waals surface area contributed by atoms with Gasteiger partial charge in [-0.15, -0.1) is 5.10 Å². The fourth-order valence-corrected chi connectivity index (χ4v) is 4.36. The van der Waals surface area contributed by atoms with E-state index in [1.165, 1.54) is 16.7 Å². The zero-order valence-corrected chi connectivity index (χ0v) is 19.8. The van der Waals surface area contributed by atoms with Crippen LogP contribution < -0.4 is 4.74 Å². The van der Waals surface area contributed by atoms with E-state index in [0.29, 0.717) is 21.6 Å². The molecule has 0 aliphatic carbocycles. The molecule has 5 rings (SSSR count). The third-order valence-electron chi connectivity index (χ3n) is 5.16. The maximum atomic E-state index is 13.3. The predicted molar refractivity (Wildman–Crippen MR) is 141 cm³/mol. The van der Waals surface area contributed by atoms with Gasteiger partial charge in [0.15, 0.2) is 5.17 Å². The van der Waals surface area contributed by atoms with Crippen LogP contribution in [0.1, 0.15) is 16.9 Å². The first kappa shape index (κ1) is 23.2. The molecule has 0 unspecified atom stereocenters. The van der Waals surface area contributed by atoms with Crippen molar-refractivity contribution >= 4 is 35.1 Å². The monoisotopic (exact) mass is 495 g/mol. The Balaban J connectivity index is 1.39. The van der Waals surface area contributed by atoms with Crippen LogP contribution in [-0.2, 0) is 11.3 Å². The van der Waals surface area contributed by atoms with Crippen LogP contribution in [0.2, 0.25) is 0 Å². The number of benzene rings is 3. The van der Waals surface area contributed by atoms with Gasteiger partial charge in [0.2, 0.25) is 0 Å². The number of phenols is 1. The number of phenolic OH excluding ortho intramolecular Hbond substituents is 1. The van der Waals surface area contributed by atoms with Crippen molar-refractivity contribution in [1.29, 1.82) is 0 Å². The second-order valence-corrected chi connectivity index (χ2v) is 8.80. The first-order chi connectivity index (χ1) is 17.6. The summed E-state index contributed by atoms with van der Waals surface area (Å²) in [5, 5.41) is 18.3. The summed E-state index contributed by atoms with van der Waals surface area (Å²) >= 11 is 1.24. The lowest BCUT2D eigenvalue weighted by atomic mass is 10.2. The van der Waals surface area contributed by atoms with Crippen LogP contribution in [0.5, 0.6) is 17.2 Å². The van der Waals surface area contributed by atoms with Gasteiger partial charge < -0.3 is 14.3 Å². The smallest absolute Gasteiger partial charge is 0.267 e. The molecule has 3 aromatic carbocycles. The number of rotatable bonds is 7. The average molecular weight is 496 g/mol. The minimum Gasteiger partial charge on any atom is -0.508 e. The molecule has 1 aliphatic heterocycles. The molecule has 1 fully saturated rings. The number of hydrogen-bond acceptors (Lipinski definition) is 7. The topological polar surface area (TPSA) is 87.6 Å². The number of amidine groups is 1. The van der Waals surface area contributed by atoms with E-state index in [2.05, 4.69) is 10.2 Å². The molecule has 178 valence electrons. The van der Waals surface area contributed by atoms with Crippen LogP contribution in [0.25, 0.3) is 6.08 Å². The van der Waals surface area contributed by atoms with Crippen molar-refractivity contribution < 1.29 is 19.1 Å². The number of furan rings is 1. The Bertz CT molecular complexity index is 1430. The summed E-state index contributed by atoms with van der Waals surface area (Å²) in [7, 11) is 0. The molecule has 1 saturated heterocycles. The standard InChI is InChI=1S/C28H21N3O4S/c32-22-13-11-20(12-14-22)18-29-30-28-31(19-25-10-5-15-34-25)27(33)26(36-28)17-21-6-4-9-24(16-21)35-23-7-2-1-3-8-23/h1-18,32H,19H2/b26-17-,29-18+,30-28-. The third kappa shape index (κ3) is 5.73. The highest BCUT2D eigenvalue weighted by atomic mass is 32.2. The number of carbonyl (C=O) groups is 1. The van der Waals surface area contributed by atoms with Crippen LogP contribution in [0, 0.1) is 0 Å². The van der Waals surface area contributed by atoms with Crippen LogP contribution in [0.15, 0.2) is 117 Å². The predicted octanol–water partition coefficient (Wildman–Crippen LogP) is 6.28. The van der Waals surface area contributed by atoms with Crippen LogP contribution >= 0.6 is 11.8 Å². The Labute approximate surface area is 212 Å². The third-order valence-corrected chi connectivity index (χ3v) is 6.16. The number of thioether (sulfide) groups is 1. The van der Waals surface area contributed by atoms with E-state index < -0.39 is 0 Å².